The molecule has 0 atom stereocenters. The van der Waals surface area contributed by atoms with E-state index in [0.29, 0.717) is 11.6 Å². The molecule has 2 aromatic rings. The van der Waals surface area contributed by atoms with Crippen LogP contribution in [0.1, 0.15) is 16.7 Å². The molecule has 0 aliphatic heterocycles. The summed E-state index contributed by atoms with van der Waals surface area (Å²) in [5.74, 6) is 0.840. The molecule has 2 nitrogen and oxygen atoms in total. The van der Waals surface area contributed by atoms with Crippen molar-refractivity contribution in [3.05, 3.63) is 63.6 Å². The van der Waals surface area contributed by atoms with Gasteiger partial charge in [-0.3, -0.25) is 0 Å². The third-order valence-electron chi connectivity index (χ3n) is 2.82. The lowest BCUT2D eigenvalue weighted by molar-refractivity contribution is 0.305. The Morgan fingerprint density at radius 3 is 2.68 bits per heavy atom. The SMILES string of the molecule is Cc1cc(C(N)=S)ccc1COc1cccc(Br)c1. The monoisotopic (exact) mass is 335 g/mol. The van der Waals surface area contributed by atoms with Crippen LogP contribution in [0.4, 0.5) is 0 Å². The van der Waals surface area contributed by atoms with Crippen LogP contribution in [0, 0.1) is 6.92 Å². The van der Waals surface area contributed by atoms with E-state index in [1.54, 1.807) is 0 Å². The average Bonchev–Trinajstić information content (AvgIpc) is 2.37. The van der Waals surface area contributed by atoms with Gasteiger partial charge < -0.3 is 10.5 Å². The maximum Gasteiger partial charge on any atom is 0.120 e. The van der Waals surface area contributed by atoms with E-state index < -0.39 is 0 Å². The van der Waals surface area contributed by atoms with E-state index in [4.69, 9.17) is 22.7 Å². The molecule has 0 fully saturated rings. The Morgan fingerprint density at radius 1 is 1.26 bits per heavy atom. The lowest BCUT2D eigenvalue weighted by Crippen LogP contribution is -2.10. The predicted octanol–water partition coefficient (Wildman–Crippen LogP) is 3.97. The molecule has 0 spiro atoms. The highest BCUT2D eigenvalue weighted by Gasteiger charge is 2.03. The second kappa shape index (κ2) is 6.17. The number of nitrogens with two attached hydrogens (primary N) is 1. The smallest absolute Gasteiger partial charge is 0.120 e. The molecule has 0 heterocycles. The van der Waals surface area contributed by atoms with Crippen molar-refractivity contribution in [2.45, 2.75) is 13.5 Å². The molecule has 19 heavy (non-hydrogen) atoms. The van der Waals surface area contributed by atoms with Gasteiger partial charge in [0.05, 0.1) is 0 Å². The van der Waals surface area contributed by atoms with Gasteiger partial charge >= 0.3 is 0 Å². The first-order valence-corrected chi connectivity index (χ1v) is 7.04. The maximum absolute atomic E-state index is 5.76. The second-order valence-corrected chi connectivity index (χ2v) is 5.61. The highest BCUT2D eigenvalue weighted by Crippen LogP contribution is 2.20. The fraction of sp³-hybridized carbons (Fsp3) is 0.133. The van der Waals surface area contributed by atoms with Crippen molar-refractivity contribution < 1.29 is 4.74 Å². The van der Waals surface area contributed by atoms with Gasteiger partial charge in [-0.1, -0.05) is 46.3 Å². The Bertz CT molecular complexity index is 613. The number of benzene rings is 2. The van der Waals surface area contributed by atoms with Crippen molar-refractivity contribution in [3.8, 4) is 5.75 Å². The normalized spacial score (nSPS) is 10.2. The van der Waals surface area contributed by atoms with Crippen LogP contribution in [0.2, 0.25) is 0 Å². The van der Waals surface area contributed by atoms with Crippen LogP contribution >= 0.6 is 28.1 Å². The van der Waals surface area contributed by atoms with Crippen molar-refractivity contribution in [1.29, 1.82) is 0 Å². The molecule has 0 saturated carbocycles. The Morgan fingerprint density at radius 2 is 2.05 bits per heavy atom. The molecule has 0 amide bonds. The summed E-state index contributed by atoms with van der Waals surface area (Å²) in [5.41, 5.74) is 8.75. The van der Waals surface area contributed by atoms with Crippen molar-refractivity contribution in [2.24, 2.45) is 5.73 Å². The zero-order chi connectivity index (χ0) is 13.8. The van der Waals surface area contributed by atoms with Crippen LogP contribution in [0.25, 0.3) is 0 Å². The molecule has 0 bridgehead atoms. The molecule has 0 saturated heterocycles. The summed E-state index contributed by atoms with van der Waals surface area (Å²) in [4.78, 5) is 0.419. The minimum Gasteiger partial charge on any atom is -0.489 e. The highest BCUT2D eigenvalue weighted by atomic mass is 79.9. The summed E-state index contributed by atoms with van der Waals surface area (Å²) in [6, 6.07) is 13.7. The lowest BCUT2D eigenvalue weighted by Gasteiger charge is -2.10. The van der Waals surface area contributed by atoms with Gasteiger partial charge in [0.15, 0.2) is 0 Å². The summed E-state index contributed by atoms with van der Waals surface area (Å²) in [6.07, 6.45) is 0. The van der Waals surface area contributed by atoms with Crippen LogP contribution in [0.5, 0.6) is 5.75 Å². The number of halogens is 1. The minimum absolute atomic E-state index is 0.419. The van der Waals surface area contributed by atoms with Gasteiger partial charge in [-0.05, 0) is 42.3 Å². The predicted molar refractivity (Wildman–Crippen MR) is 85.5 cm³/mol. The lowest BCUT2D eigenvalue weighted by atomic mass is 10.1. The van der Waals surface area contributed by atoms with Crippen LogP contribution < -0.4 is 10.5 Å². The van der Waals surface area contributed by atoms with E-state index >= 15 is 0 Å². The number of hydrogen-bond acceptors (Lipinski definition) is 2. The molecule has 0 unspecified atom stereocenters. The van der Waals surface area contributed by atoms with Crippen LogP contribution in [-0.4, -0.2) is 4.99 Å². The van der Waals surface area contributed by atoms with E-state index in [9.17, 15) is 0 Å². The summed E-state index contributed by atoms with van der Waals surface area (Å²) in [6.45, 7) is 2.56. The van der Waals surface area contributed by atoms with Gasteiger partial charge in [0.2, 0.25) is 0 Å². The van der Waals surface area contributed by atoms with E-state index in [-0.39, 0.29) is 0 Å². The summed E-state index contributed by atoms with van der Waals surface area (Å²) in [7, 11) is 0. The average molecular weight is 336 g/mol. The standard InChI is InChI=1S/C15H14BrNOS/c1-10-7-11(15(17)19)5-6-12(10)9-18-14-4-2-3-13(16)8-14/h2-8H,9H2,1H3,(H2,17,19). The molecule has 0 radical (unpaired) electrons. The topological polar surface area (TPSA) is 35.2 Å². The van der Waals surface area contributed by atoms with Crippen molar-refractivity contribution in [3.63, 3.8) is 0 Å². The third-order valence-corrected chi connectivity index (χ3v) is 3.55. The molecular formula is C15H14BrNOS. The van der Waals surface area contributed by atoms with Gasteiger partial charge in [-0.2, -0.15) is 0 Å². The van der Waals surface area contributed by atoms with Crippen molar-refractivity contribution in [2.75, 3.05) is 0 Å². The molecular weight excluding hydrogens is 322 g/mol. The fourth-order valence-electron chi connectivity index (χ4n) is 1.73. The number of thiocarbonyl (C=S) groups is 1. The van der Waals surface area contributed by atoms with Gasteiger partial charge in [-0.25, -0.2) is 0 Å². The summed E-state index contributed by atoms with van der Waals surface area (Å²) >= 11 is 8.38. The number of ether oxygens (including phenoxy) is 1. The quantitative estimate of drug-likeness (QED) is 0.858. The molecule has 0 aliphatic rings. The molecule has 4 heteroatoms. The molecule has 0 aromatic heterocycles. The number of rotatable bonds is 4. The molecule has 2 aromatic carbocycles. The first kappa shape index (κ1) is 14.0. The van der Waals surface area contributed by atoms with Crippen LogP contribution in [0.15, 0.2) is 46.9 Å². The molecule has 98 valence electrons. The Hall–Kier alpha value is -1.39. The van der Waals surface area contributed by atoms with Crippen molar-refractivity contribution >= 4 is 33.1 Å². The minimum atomic E-state index is 0.419. The zero-order valence-electron chi connectivity index (χ0n) is 10.5. The van der Waals surface area contributed by atoms with Gasteiger partial charge in [-0.15, -0.1) is 0 Å². The van der Waals surface area contributed by atoms with Crippen molar-refractivity contribution in [1.82, 2.24) is 0 Å². The Kier molecular flexibility index (Phi) is 4.56. The first-order valence-electron chi connectivity index (χ1n) is 5.84. The zero-order valence-corrected chi connectivity index (χ0v) is 12.9. The number of aryl methyl sites for hydroxylation is 1. The third kappa shape index (κ3) is 3.78. The number of hydrogen-bond donors (Lipinski definition) is 1. The van der Waals surface area contributed by atoms with E-state index in [2.05, 4.69) is 15.9 Å². The van der Waals surface area contributed by atoms with E-state index in [1.807, 2.05) is 49.4 Å². The molecule has 2 N–H and O–H groups in total. The molecule has 2 rings (SSSR count). The highest BCUT2D eigenvalue weighted by molar-refractivity contribution is 9.10. The Labute approximate surface area is 126 Å². The molecule has 0 aliphatic carbocycles. The largest absolute Gasteiger partial charge is 0.489 e. The van der Waals surface area contributed by atoms with Crippen LogP contribution in [-0.2, 0) is 6.61 Å². The van der Waals surface area contributed by atoms with E-state index in [1.165, 1.54) is 0 Å². The van der Waals surface area contributed by atoms with Gasteiger partial charge in [0, 0.05) is 10.0 Å². The van der Waals surface area contributed by atoms with Gasteiger partial charge in [0.1, 0.15) is 17.3 Å². The Balaban J connectivity index is 2.10. The summed E-state index contributed by atoms with van der Waals surface area (Å²) < 4.78 is 6.77. The maximum atomic E-state index is 5.76. The van der Waals surface area contributed by atoms with Crippen LogP contribution in [0.3, 0.4) is 0 Å². The second-order valence-electron chi connectivity index (χ2n) is 4.25. The van der Waals surface area contributed by atoms with E-state index in [0.717, 1.165) is 26.9 Å². The summed E-state index contributed by atoms with van der Waals surface area (Å²) in [5, 5.41) is 0. The van der Waals surface area contributed by atoms with Gasteiger partial charge in [0.25, 0.3) is 0 Å². The fourth-order valence-corrected chi connectivity index (χ4v) is 2.23. The first-order chi connectivity index (χ1) is 9.06.